The Labute approximate surface area is 85.3 Å². The van der Waals surface area contributed by atoms with E-state index in [2.05, 4.69) is 4.98 Å². The lowest BCUT2D eigenvalue weighted by Crippen LogP contribution is -1.95. The van der Waals surface area contributed by atoms with Crippen LogP contribution in [-0.2, 0) is 0 Å². The maximum Gasteiger partial charge on any atom is 0.335 e. The number of nitrogens with one attached hydrogen (secondary N) is 1. The third-order valence-corrected chi connectivity index (χ3v) is 2.38. The van der Waals surface area contributed by atoms with Crippen molar-refractivity contribution in [1.82, 2.24) is 4.98 Å². The van der Waals surface area contributed by atoms with Crippen molar-refractivity contribution >= 4 is 28.5 Å². The van der Waals surface area contributed by atoms with Crippen LogP contribution in [0.2, 0.25) is 5.02 Å². The maximum absolute atomic E-state index is 10.7. The highest BCUT2D eigenvalue weighted by Crippen LogP contribution is 2.25. The van der Waals surface area contributed by atoms with E-state index in [1.54, 1.807) is 6.07 Å². The average molecular weight is 210 g/mol. The number of aryl methyl sites for hydroxylation is 1. The van der Waals surface area contributed by atoms with E-state index < -0.39 is 5.97 Å². The fourth-order valence-electron chi connectivity index (χ4n) is 1.46. The number of fused-ring (bicyclic) bond motifs is 1. The number of benzene rings is 1. The molecule has 0 radical (unpaired) electrons. The molecule has 2 N–H and O–H groups in total. The molecular weight excluding hydrogens is 202 g/mol. The first-order valence-electron chi connectivity index (χ1n) is 4.10. The number of carboxylic acid groups (broad SMARTS) is 1. The van der Waals surface area contributed by atoms with Crippen molar-refractivity contribution in [2.24, 2.45) is 0 Å². The standard InChI is InChI=1S/C10H8ClNO2/c1-5-2-7-8(11)3-6(10(13)14)4-9(7)12-5/h2-4,12H,1H3,(H,13,14). The molecule has 1 heterocycles. The number of carboxylic acids is 1. The molecule has 2 rings (SSSR count). The van der Waals surface area contributed by atoms with E-state index in [1.807, 2.05) is 13.0 Å². The lowest BCUT2D eigenvalue weighted by Gasteiger charge is -1.97. The summed E-state index contributed by atoms with van der Waals surface area (Å²) in [5.74, 6) is -0.971. The van der Waals surface area contributed by atoms with Crippen LogP contribution in [0.4, 0.5) is 0 Å². The monoisotopic (exact) mass is 209 g/mol. The molecule has 0 aliphatic rings. The van der Waals surface area contributed by atoms with Gasteiger partial charge in [0, 0.05) is 16.6 Å². The third kappa shape index (κ3) is 1.36. The number of aromatic amines is 1. The molecule has 0 saturated heterocycles. The zero-order valence-electron chi connectivity index (χ0n) is 7.47. The fourth-order valence-corrected chi connectivity index (χ4v) is 1.73. The Bertz CT molecular complexity index is 516. The molecule has 0 aliphatic carbocycles. The number of halogens is 1. The topological polar surface area (TPSA) is 53.1 Å². The molecule has 14 heavy (non-hydrogen) atoms. The van der Waals surface area contributed by atoms with Gasteiger partial charge >= 0.3 is 5.97 Å². The number of rotatable bonds is 1. The molecular formula is C10H8ClNO2. The molecule has 72 valence electrons. The van der Waals surface area contributed by atoms with Gasteiger partial charge < -0.3 is 10.1 Å². The second kappa shape index (κ2) is 3.03. The minimum atomic E-state index is -0.971. The Balaban J connectivity index is 2.77. The minimum absolute atomic E-state index is 0.198. The summed E-state index contributed by atoms with van der Waals surface area (Å²) in [5, 5.41) is 10.1. The highest BCUT2D eigenvalue weighted by Gasteiger charge is 2.09. The predicted molar refractivity (Wildman–Crippen MR) is 55.0 cm³/mol. The van der Waals surface area contributed by atoms with Gasteiger partial charge in [-0.2, -0.15) is 0 Å². The maximum atomic E-state index is 10.7. The number of aromatic carboxylic acids is 1. The Morgan fingerprint density at radius 3 is 2.79 bits per heavy atom. The molecule has 0 fully saturated rings. The van der Waals surface area contributed by atoms with Gasteiger partial charge in [-0.25, -0.2) is 4.79 Å². The number of hydrogen-bond acceptors (Lipinski definition) is 1. The summed E-state index contributed by atoms with van der Waals surface area (Å²) in [5.41, 5.74) is 1.92. The van der Waals surface area contributed by atoms with Crippen LogP contribution in [0.25, 0.3) is 10.9 Å². The SMILES string of the molecule is Cc1cc2c(Cl)cc(C(=O)O)cc2[nH]1. The van der Waals surface area contributed by atoms with Gasteiger partial charge in [0.2, 0.25) is 0 Å². The van der Waals surface area contributed by atoms with Crippen LogP contribution in [0.3, 0.4) is 0 Å². The molecule has 2 aromatic rings. The van der Waals surface area contributed by atoms with Crippen molar-refractivity contribution < 1.29 is 9.90 Å². The van der Waals surface area contributed by atoms with Crippen LogP contribution in [0.5, 0.6) is 0 Å². The Morgan fingerprint density at radius 2 is 2.14 bits per heavy atom. The molecule has 4 heteroatoms. The van der Waals surface area contributed by atoms with Crippen molar-refractivity contribution in [1.29, 1.82) is 0 Å². The van der Waals surface area contributed by atoms with Gasteiger partial charge in [0.15, 0.2) is 0 Å². The van der Waals surface area contributed by atoms with Crippen LogP contribution in [-0.4, -0.2) is 16.1 Å². The van der Waals surface area contributed by atoms with Gasteiger partial charge in [-0.1, -0.05) is 11.6 Å². The molecule has 0 bridgehead atoms. The smallest absolute Gasteiger partial charge is 0.335 e. The van der Waals surface area contributed by atoms with E-state index >= 15 is 0 Å². The minimum Gasteiger partial charge on any atom is -0.478 e. The second-order valence-corrected chi connectivity index (χ2v) is 3.58. The number of aromatic nitrogens is 1. The van der Waals surface area contributed by atoms with Crippen LogP contribution < -0.4 is 0 Å². The van der Waals surface area contributed by atoms with E-state index in [4.69, 9.17) is 16.7 Å². The van der Waals surface area contributed by atoms with E-state index in [1.165, 1.54) is 6.07 Å². The molecule has 1 aromatic carbocycles. The highest BCUT2D eigenvalue weighted by molar-refractivity contribution is 6.35. The zero-order chi connectivity index (χ0) is 10.3. The van der Waals surface area contributed by atoms with Crippen molar-refractivity contribution in [2.75, 3.05) is 0 Å². The molecule has 1 aromatic heterocycles. The first-order valence-corrected chi connectivity index (χ1v) is 4.48. The van der Waals surface area contributed by atoms with Crippen LogP contribution in [0, 0.1) is 6.92 Å². The summed E-state index contributed by atoms with van der Waals surface area (Å²) in [6, 6.07) is 4.93. The van der Waals surface area contributed by atoms with Gasteiger partial charge in [0.05, 0.1) is 10.6 Å². The van der Waals surface area contributed by atoms with Crippen LogP contribution in [0.1, 0.15) is 16.1 Å². The Hall–Kier alpha value is -1.48. The number of carbonyl (C=O) groups is 1. The Kier molecular flexibility index (Phi) is 1.97. The third-order valence-electron chi connectivity index (χ3n) is 2.07. The van der Waals surface area contributed by atoms with Gasteiger partial charge in [-0.05, 0) is 25.1 Å². The number of hydrogen-bond donors (Lipinski definition) is 2. The van der Waals surface area contributed by atoms with Gasteiger partial charge in [-0.15, -0.1) is 0 Å². The summed E-state index contributed by atoms with van der Waals surface area (Å²) >= 11 is 5.94. The van der Waals surface area contributed by atoms with E-state index in [0.29, 0.717) is 5.02 Å². The van der Waals surface area contributed by atoms with Gasteiger partial charge in [-0.3, -0.25) is 0 Å². The lowest BCUT2D eigenvalue weighted by molar-refractivity contribution is 0.0697. The van der Waals surface area contributed by atoms with Crippen molar-refractivity contribution in [2.45, 2.75) is 6.92 Å². The summed E-state index contributed by atoms with van der Waals surface area (Å²) in [7, 11) is 0. The average Bonchev–Trinajstić information content (AvgIpc) is 2.45. The van der Waals surface area contributed by atoms with E-state index in [0.717, 1.165) is 16.6 Å². The van der Waals surface area contributed by atoms with Crippen molar-refractivity contribution in [3.05, 3.63) is 34.5 Å². The number of H-pyrrole nitrogens is 1. The predicted octanol–water partition coefficient (Wildman–Crippen LogP) is 2.83. The fraction of sp³-hybridized carbons (Fsp3) is 0.100. The lowest BCUT2D eigenvalue weighted by atomic mass is 10.1. The Morgan fingerprint density at radius 1 is 1.43 bits per heavy atom. The highest BCUT2D eigenvalue weighted by atomic mass is 35.5. The molecule has 0 atom stereocenters. The quantitative estimate of drug-likeness (QED) is 0.759. The zero-order valence-corrected chi connectivity index (χ0v) is 8.22. The summed E-state index contributed by atoms with van der Waals surface area (Å²) in [4.78, 5) is 13.8. The molecule has 0 aliphatic heterocycles. The van der Waals surface area contributed by atoms with Crippen molar-refractivity contribution in [3.8, 4) is 0 Å². The molecule has 0 unspecified atom stereocenters. The summed E-state index contributed by atoms with van der Waals surface area (Å²) in [6.45, 7) is 1.90. The molecule has 0 amide bonds. The van der Waals surface area contributed by atoms with Crippen LogP contribution >= 0.6 is 11.6 Å². The molecule has 0 spiro atoms. The second-order valence-electron chi connectivity index (χ2n) is 3.18. The molecule has 3 nitrogen and oxygen atoms in total. The summed E-state index contributed by atoms with van der Waals surface area (Å²) in [6.07, 6.45) is 0. The molecule has 0 saturated carbocycles. The van der Waals surface area contributed by atoms with Gasteiger partial charge in [0.25, 0.3) is 0 Å². The first-order chi connectivity index (χ1) is 6.58. The van der Waals surface area contributed by atoms with E-state index in [9.17, 15) is 4.79 Å². The van der Waals surface area contributed by atoms with Gasteiger partial charge in [0.1, 0.15) is 0 Å². The summed E-state index contributed by atoms with van der Waals surface area (Å²) < 4.78 is 0. The van der Waals surface area contributed by atoms with Crippen LogP contribution in [0.15, 0.2) is 18.2 Å². The van der Waals surface area contributed by atoms with Crippen molar-refractivity contribution in [3.63, 3.8) is 0 Å². The normalized spacial score (nSPS) is 10.7. The largest absolute Gasteiger partial charge is 0.478 e. The van der Waals surface area contributed by atoms with E-state index in [-0.39, 0.29) is 5.56 Å². The first kappa shape index (κ1) is 9.09.